The van der Waals surface area contributed by atoms with Gasteiger partial charge in [0, 0.05) is 16.1 Å². The Morgan fingerprint density at radius 3 is 2.78 bits per heavy atom. The van der Waals surface area contributed by atoms with Crippen LogP contribution in [-0.4, -0.2) is 24.2 Å². The van der Waals surface area contributed by atoms with Gasteiger partial charge in [-0.1, -0.05) is 28.1 Å². The van der Waals surface area contributed by atoms with Crippen LogP contribution in [0, 0.1) is 10.1 Å². The van der Waals surface area contributed by atoms with E-state index in [4.69, 9.17) is 4.74 Å². The molecule has 0 heterocycles. The first-order chi connectivity index (χ1) is 11.0. The number of rotatable bonds is 5. The summed E-state index contributed by atoms with van der Waals surface area (Å²) in [5.41, 5.74) is 2.58. The summed E-state index contributed by atoms with van der Waals surface area (Å²) >= 11 is 3.33. The van der Waals surface area contributed by atoms with Crippen molar-refractivity contribution < 1.29 is 14.5 Å². The Kier molecular flexibility index (Phi) is 5.42. The highest BCUT2D eigenvalue weighted by molar-refractivity contribution is 9.10. The summed E-state index contributed by atoms with van der Waals surface area (Å²) in [6.07, 6.45) is 1.40. The van der Waals surface area contributed by atoms with E-state index in [9.17, 15) is 14.9 Å². The van der Waals surface area contributed by atoms with E-state index < -0.39 is 10.8 Å². The van der Waals surface area contributed by atoms with Gasteiger partial charge in [-0.15, -0.1) is 0 Å². The molecule has 0 atom stereocenters. The molecular weight excluding hydrogens is 366 g/mol. The van der Waals surface area contributed by atoms with Crippen LogP contribution in [0.2, 0.25) is 0 Å². The largest absolute Gasteiger partial charge is 0.496 e. The summed E-state index contributed by atoms with van der Waals surface area (Å²) in [7, 11) is 1.52. The highest BCUT2D eigenvalue weighted by atomic mass is 79.9. The van der Waals surface area contributed by atoms with Gasteiger partial charge in [0.25, 0.3) is 11.6 Å². The molecule has 0 saturated heterocycles. The van der Waals surface area contributed by atoms with Gasteiger partial charge in [-0.3, -0.25) is 14.9 Å². The number of hydrazone groups is 1. The average molecular weight is 378 g/mol. The lowest BCUT2D eigenvalue weighted by Crippen LogP contribution is -2.19. The Hall–Kier alpha value is -2.74. The van der Waals surface area contributed by atoms with Gasteiger partial charge in [-0.2, -0.15) is 5.10 Å². The van der Waals surface area contributed by atoms with Gasteiger partial charge in [-0.25, -0.2) is 5.43 Å². The lowest BCUT2D eigenvalue weighted by atomic mass is 10.2. The molecule has 0 saturated carbocycles. The first-order valence-corrected chi connectivity index (χ1v) is 7.22. The van der Waals surface area contributed by atoms with E-state index in [1.54, 1.807) is 18.2 Å². The van der Waals surface area contributed by atoms with E-state index in [-0.39, 0.29) is 11.3 Å². The first kappa shape index (κ1) is 16.6. The minimum absolute atomic E-state index is 0.0594. The molecule has 23 heavy (non-hydrogen) atoms. The van der Waals surface area contributed by atoms with Gasteiger partial charge in [0.05, 0.1) is 18.2 Å². The normalized spacial score (nSPS) is 10.5. The van der Waals surface area contributed by atoms with E-state index >= 15 is 0 Å². The van der Waals surface area contributed by atoms with Crippen LogP contribution in [0.1, 0.15) is 15.9 Å². The minimum atomic E-state index is -0.664. The van der Waals surface area contributed by atoms with Crippen molar-refractivity contribution in [3.8, 4) is 5.75 Å². The summed E-state index contributed by atoms with van der Waals surface area (Å²) in [6.45, 7) is 0. The zero-order valence-corrected chi connectivity index (χ0v) is 13.6. The molecule has 0 unspecified atom stereocenters. The van der Waals surface area contributed by atoms with Crippen molar-refractivity contribution in [1.82, 2.24) is 5.43 Å². The fraction of sp³-hybridized carbons (Fsp3) is 0.0667. The number of hydrogen-bond donors (Lipinski definition) is 1. The van der Waals surface area contributed by atoms with E-state index in [2.05, 4.69) is 26.5 Å². The standard InChI is InChI=1S/C15H12BrN3O4/c1-23-14-7-6-11(16)8-10(14)9-17-18-15(20)12-4-2-3-5-13(12)19(21)22/h2-9H,1H3,(H,18,20)/b17-9-. The molecule has 1 N–H and O–H groups in total. The van der Waals surface area contributed by atoms with Crippen molar-refractivity contribution in [2.24, 2.45) is 5.10 Å². The number of nitro groups is 1. The second kappa shape index (κ2) is 7.50. The zero-order chi connectivity index (χ0) is 16.8. The fourth-order valence-electron chi connectivity index (χ4n) is 1.85. The number of carbonyl (C=O) groups is 1. The number of para-hydroxylation sites is 1. The lowest BCUT2D eigenvalue weighted by Gasteiger charge is -2.05. The molecule has 0 aliphatic heterocycles. The predicted molar refractivity (Wildman–Crippen MR) is 88.9 cm³/mol. The quantitative estimate of drug-likeness (QED) is 0.491. The van der Waals surface area contributed by atoms with Gasteiger partial charge in [0.15, 0.2) is 0 Å². The third-order valence-electron chi connectivity index (χ3n) is 2.91. The predicted octanol–water partition coefficient (Wildman–Crippen LogP) is 3.13. The monoisotopic (exact) mass is 377 g/mol. The third-order valence-corrected chi connectivity index (χ3v) is 3.40. The highest BCUT2D eigenvalue weighted by Crippen LogP contribution is 2.21. The Labute approximate surface area is 140 Å². The second-order valence-corrected chi connectivity index (χ2v) is 5.28. The number of nitrogens with one attached hydrogen (secondary N) is 1. The molecule has 0 bridgehead atoms. The van der Waals surface area contributed by atoms with Crippen LogP contribution in [0.4, 0.5) is 5.69 Å². The van der Waals surface area contributed by atoms with E-state index in [0.29, 0.717) is 11.3 Å². The number of carbonyl (C=O) groups excluding carboxylic acids is 1. The van der Waals surface area contributed by atoms with E-state index in [1.807, 2.05) is 6.07 Å². The van der Waals surface area contributed by atoms with Gasteiger partial charge < -0.3 is 4.74 Å². The number of methoxy groups -OCH3 is 1. The Morgan fingerprint density at radius 2 is 2.09 bits per heavy atom. The summed E-state index contributed by atoms with van der Waals surface area (Å²) < 4.78 is 6.00. The van der Waals surface area contributed by atoms with Crippen LogP contribution in [0.5, 0.6) is 5.75 Å². The fourth-order valence-corrected chi connectivity index (χ4v) is 2.23. The number of benzene rings is 2. The molecule has 0 aliphatic carbocycles. The maximum absolute atomic E-state index is 12.0. The maximum atomic E-state index is 12.0. The molecule has 118 valence electrons. The molecule has 0 aromatic heterocycles. The van der Waals surface area contributed by atoms with Crippen molar-refractivity contribution in [2.75, 3.05) is 7.11 Å². The van der Waals surface area contributed by atoms with E-state index in [1.165, 1.54) is 31.5 Å². The molecule has 0 aliphatic rings. The lowest BCUT2D eigenvalue weighted by molar-refractivity contribution is -0.385. The van der Waals surface area contributed by atoms with Crippen molar-refractivity contribution in [3.05, 3.63) is 68.2 Å². The van der Waals surface area contributed by atoms with Crippen LogP contribution in [0.15, 0.2) is 52.0 Å². The Balaban J connectivity index is 2.17. The van der Waals surface area contributed by atoms with Crippen molar-refractivity contribution in [2.45, 2.75) is 0 Å². The van der Waals surface area contributed by atoms with Gasteiger partial charge in [0.2, 0.25) is 0 Å². The Bertz CT molecular complexity index is 777. The summed E-state index contributed by atoms with van der Waals surface area (Å²) in [5, 5.41) is 14.7. The van der Waals surface area contributed by atoms with Crippen LogP contribution in [0.25, 0.3) is 0 Å². The van der Waals surface area contributed by atoms with Crippen LogP contribution in [0.3, 0.4) is 0 Å². The summed E-state index contributed by atoms with van der Waals surface area (Å²) in [5.74, 6) is -0.0839. The maximum Gasteiger partial charge on any atom is 0.282 e. The molecule has 2 rings (SSSR count). The van der Waals surface area contributed by atoms with Crippen LogP contribution in [-0.2, 0) is 0 Å². The molecule has 0 fully saturated rings. The van der Waals surface area contributed by atoms with Crippen LogP contribution >= 0.6 is 15.9 Å². The number of amides is 1. The van der Waals surface area contributed by atoms with Crippen molar-refractivity contribution >= 4 is 33.7 Å². The zero-order valence-electron chi connectivity index (χ0n) is 12.0. The topological polar surface area (TPSA) is 93.8 Å². The first-order valence-electron chi connectivity index (χ1n) is 6.43. The number of nitrogens with zero attached hydrogens (tertiary/aromatic N) is 2. The van der Waals surface area contributed by atoms with Gasteiger partial charge in [-0.05, 0) is 24.3 Å². The second-order valence-electron chi connectivity index (χ2n) is 4.36. The molecule has 7 nitrogen and oxygen atoms in total. The van der Waals surface area contributed by atoms with E-state index in [0.717, 1.165) is 4.47 Å². The van der Waals surface area contributed by atoms with Gasteiger partial charge >= 0.3 is 0 Å². The molecule has 2 aromatic rings. The number of nitro benzene ring substituents is 1. The third kappa shape index (κ3) is 4.13. The molecule has 0 spiro atoms. The molecule has 2 aromatic carbocycles. The van der Waals surface area contributed by atoms with Crippen molar-refractivity contribution in [3.63, 3.8) is 0 Å². The number of ether oxygens (including phenoxy) is 1. The molecule has 1 amide bonds. The number of hydrogen-bond acceptors (Lipinski definition) is 5. The molecule has 8 heteroatoms. The molecule has 0 radical (unpaired) electrons. The minimum Gasteiger partial charge on any atom is -0.496 e. The smallest absolute Gasteiger partial charge is 0.282 e. The average Bonchev–Trinajstić information content (AvgIpc) is 2.55. The van der Waals surface area contributed by atoms with Crippen molar-refractivity contribution in [1.29, 1.82) is 0 Å². The number of halogens is 1. The van der Waals surface area contributed by atoms with Gasteiger partial charge in [0.1, 0.15) is 11.3 Å². The summed E-state index contributed by atoms with van der Waals surface area (Å²) in [6, 6.07) is 11.0. The molecular formula is C15H12BrN3O4. The van der Waals surface area contributed by atoms with Crippen LogP contribution < -0.4 is 10.2 Å². The Morgan fingerprint density at radius 1 is 1.35 bits per heavy atom. The SMILES string of the molecule is COc1ccc(Br)cc1/C=N\NC(=O)c1ccccc1[N+](=O)[O-]. The highest BCUT2D eigenvalue weighted by Gasteiger charge is 2.18. The summed E-state index contributed by atoms with van der Waals surface area (Å²) in [4.78, 5) is 22.3.